The zero-order chi connectivity index (χ0) is 24.3. The average Bonchev–Trinajstić information content (AvgIpc) is 3.30. The van der Waals surface area contributed by atoms with E-state index < -0.39 is 15.6 Å². The Hall–Kier alpha value is -3.76. The normalized spacial score (nSPS) is 11.9. The van der Waals surface area contributed by atoms with Crippen LogP contribution in [0, 0.1) is 6.92 Å². The summed E-state index contributed by atoms with van der Waals surface area (Å²) in [5, 5.41) is 6.41. The first-order valence-electron chi connectivity index (χ1n) is 10.7. The van der Waals surface area contributed by atoms with Crippen LogP contribution in [-0.2, 0) is 10.0 Å². The van der Waals surface area contributed by atoms with Crippen molar-refractivity contribution in [1.29, 1.82) is 0 Å². The standard InChI is InChI=1S/C24H27N7O2S/c1-17-15-26-23(28-18-8-10-20(11-9-18)31-13-12-25-16-31)29-22(17)27-19-6-5-7-21(14-19)34(32,33)30-24(2,3)4/h5-16,30H,1-4H3,(H2,26,27,28,29). The molecule has 2 aromatic heterocycles. The Morgan fingerprint density at radius 2 is 1.74 bits per heavy atom. The van der Waals surface area contributed by atoms with E-state index in [-0.39, 0.29) is 4.90 Å². The Bertz CT molecular complexity index is 1380. The molecular weight excluding hydrogens is 450 g/mol. The highest BCUT2D eigenvalue weighted by molar-refractivity contribution is 7.89. The van der Waals surface area contributed by atoms with Crippen LogP contribution in [0.2, 0.25) is 0 Å². The minimum Gasteiger partial charge on any atom is -0.340 e. The van der Waals surface area contributed by atoms with Gasteiger partial charge in [-0.2, -0.15) is 4.98 Å². The van der Waals surface area contributed by atoms with Crippen molar-refractivity contribution in [1.82, 2.24) is 24.2 Å². The van der Waals surface area contributed by atoms with Crippen LogP contribution in [0.1, 0.15) is 26.3 Å². The van der Waals surface area contributed by atoms with Crippen molar-refractivity contribution >= 4 is 33.2 Å². The Balaban J connectivity index is 1.52. The molecule has 0 atom stereocenters. The van der Waals surface area contributed by atoms with Crippen molar-refractivity contribution in [2.24, 2.45) is 0 Å². The third-order valence-corrected chi connectivity index (χ3v) is 6.50. The molecule has 3 N–H and O–H groups in total. The van der Waals surface area contributed by atoms with Crippen LogP contribution in [0.15, 0.2) is 78.3 Å². The van der Waals surface area contributed by atoms with Crippen LogP contribution < -0.4 is 15.4 Å². The summed E-state index contributed by atoms with van der Waals surface area (Å²) in [4.78, 5) is 13.2. The zero-order valence-electron chi connectivity index (χ0n) is 19.4. The van der Waals surface area contributed by atoms with Crippen LogP contribution in [0.25, 0.3) is 5.69 Å². The molecule has 2 heterocycles. The van der Waals surface area contributed by atoms with Crippen molar-refractivity contribution < 1.29 is 8.42 Å². The van der Waals surface area contributed by atoms with E-state index in [0.717, 1.165) is 16.9 Å². The summed E-state index contributed by atoms with van der Waals surface area (Å²) in [6.45, 7) is 7.29. The summed E-state index contributed by atoms with van der Waals surface area (Å²) in [6.07, 6.45) is 7.05. The second kappa shape index (κ2) is 9.24. The van der Waals surface area contributed by atoms with E-state index in [9.17, 15) is 8.42 Å². The predicted molar refractivity (Wildman–Crippen MR) is 133 cm³/mol. The molecule has 0 spiro atoms. The molecule has 2 aromatic carbocycles. The Morgan fingerprint density at radius 1 is 0.971 bits per heavy atom. The fraction of sp³-hybridized carbons (Fsp3) is 0.208. The molecule has 0 fully saturated rings. The van der Waals surface area contributed by atoms with Crippen molar-refractivity contribution in [2.45, 2.75) is 38.1 Å². The van der Waals surface area contributed by atoms with Gasteiger partial charge in [-0.25, -0.2) is 23.1 Å². The number of imidazole rings is 1. The highest BCUT2D eigenvalue weighted by Crippen LogP contribution is 2.24. The molecule has 0 saturated heterocycles. The molecule has 10 heteroatoms. The zero-order valence-corrected chi connectivity index (χ0v) is 20.3. The predicted octanol–water partition coefficient (Wildman–Crippen LogP) is 4.53. The molecule has 0 bridgehead atoms. The van der Waals surface area contributed by atoms with Gasteiger partial charge in [0.25, 0.3) is 0 Å². The monoisotopic (exact) mass is 477 g/mol. The smallest absolute Gasteiger partial charge is 0.241 e. The lowest BCUT2D eigenvalue weighted by Crippen LogP contribution is -2.40. The summed E-state index contributed by atoms with van der Waals surface area (Å²) in [7, 11) is -3.65. The molecule has 4 rings (SSSR count). The number of benzene rings is 2. The first kappa shape index (κ1) is 23.4. The van der Waals surface area contributed by atoms with Crippen molar-refractivity contribution in [2.75, 3.05) is 10.6 Å². The fourth-order valence-corrected chi connectivity index (χ4v) is 4.69. The van der Waals surface area contributed by atoms with Gasteiger partial charge in [-0.15, -0.1) is 0 Å². The van der Waals surface area contributed by atoms with Crippen molar-refractivity contribution in [3.05, 3.63) is 79.0 Å². The molecule has 34 heavy (non-hydrogen) atoms. The number of nitrogens with zero attached hydrogens (tertiary/aromatic N) is 4. The number of rotatable bonds is 7. The molecule has 0 unspecified atom stereocenters. The maximum atomic E-state index is 12.7. The van der Waals surface area contributed by atoms with E-state index in [2.05, 4.69) is 30.3 Å². The topological polar surface area (TPSA) is 114 Å². The first-order valence-corrected chi connectivity index (χ1v) is 12.2. The van der Waals surface area contributed by atoms with Crippen LogP contribution in [0.5, 0.6) is 0 Å². The fourth-order valence-electron chi connectivity index (χ4n) is 3.23. The van der Waals surface area contributed by atoms with Gasteiger partial charge in [-0.1, -0.05) is 6.07 Å². The van der Waals surface area contributed by atoms with Gasteiger partial charge in [0.05, 0.1) is 11.2 Å². The van der Waals surface area contributed by atoms with Gasteiger partial charge >= 0.3 is 0 Å². The second-order valence-corrected chi connectivity index (χ2v) is 10.6. The van der Waals surface area contributed by atoms with Crippen LogP contribution in [-0.4, -0.2) is 33.5 Å². The van der Waals surface area contributed by atoms with Crippen LogP contribution in [0.3, 0.4) is 0 Å². The maximum Gasteiger partial charge on any atom is 0.241 e. The van der Waals surface area contributed by atoms with E-state index in [1.165, 1.54) is 0 Å². The first-order chi connectivity index (χ1) is 16.1. The van der Waals surface area contributed by atoms with Gasteiger partial charge in [-0.05, 0) is 70.2 Å². The number of hydrogen-bond acceptors (Lipinski definition) is 7. The summed E-state index contributed by atoms with van der Waals surface area (Å²) in [6, 6.07) is 14.4. The molecule has 9 nitrogen and oxygen atoms in total. The van der Waals surface area contributed by atoms with E-state index in [0.29, 0.717) is 17.5 Å². The van der Waals surface area contributed by atoms with Gasteiger partial charge in [-0.3, -0.25) is 0 Å². The molecule has 0 aliphatic carbocycles. The third kappa shape index (κ3) is 5.77. The molecule has 0 aliphatic rings. The minimum atomic E-state index is -3.65. The van der Waals surface area contributed by atoms with Crippen molar-refractivity contribution in [3.8, 4) is 5.69 Å². The lowest BCUT2D eigenvalue weighted by molar-refractivity contribution is 0.491. The third-order valence-electron chi connectivity index (χ3n) is 4.75. The summed E-state index contributed by atoms with van der Waals surface area (Å²) >= 11 is 0. The molecule has 0 radical (unpaired) electrons. The van der Waals surface area contributed by atoms with Crippen LogP contribution >= 0.6 is 0 Å². The van der Waals surface area contributed by atoms with Gasteiger partial charge in [0.2, 0.25) is 16.0 Å². The maximum absolute atomic E-state index is 12.7. The Kier molecular flexibility index (Phi) is 6.36. The van der Waals surface area contributed by atoms with E-state index in [1.807, 2.05) is 42.0 Å². The molecule has 176 valence electrons. The average molecular weight is 478 g/mol. The number of aryl methyl sites for hydroxylation is 1. The Labute approximate surface area is 199 Å². The SMILES string of the molecule is Cc1cnc(Nc2ccc(-n3ccnc3)cc2)nc1Nc1cccc(S(=O)(=O)NC(C)(C)C)c1. The summed E-state index contributed by atoms with van der Waals surface area (Å²) in [5.41, 5.74) is 2.67. The second-order valence-electron chi connectivity index (χ2n) is 8.88. The summed E-state index contributed by atoms with van der Waals surface area (Å²) in [5.74, 6) is 0.993. The molecule has 4 aromatic rings. The lowest BCUT2D eigenvalue weighted by Gasteiger charge is -2.20. The van der Waals surface area contributed by atoms with Gasteiger partial charge in [0.1, 0.15) is 5.82 Å². The van der Waals surface area contributed by atoms with Crippen molar-refractivity contribution in [3.63, 3.8) is 0 Å². The largest absolute Gasteiger partial charge is 0.340 e. The number of hydrogen-bond donors (Lipinski definition) is 3. The summed E-state index contributed by atoms with van der Waals surface area (Å²) < 4.78 is 30.0. The minimum absolute atomic E-state index is 0.176. The van der Waals surface area contributed by atoms with Crippen LogP contribution in [0.4, 0.5) is 23.1 Å². The molecule has 0 amide bonds. The number of nitrogens with one attached hydrogen (secondary N) is 3. The molecule has 0 saturated carbocycles. The number of sulfonamides is 1. The molecular formula is C24H27N7O2S. The number of aromatic nitrogens is 4. The van der Waals surface area contributed by atoms with Gasteiger partial charge in [0, 0.05) is 46.8 Å². The number of anilines is 4. The Morgan fingerprint density at radius 3 is 2.41 bits per heavy atom. The van der Waals surface area contributed by atoms with Gasteiger partial charge < -0.3 is 15.2 Å². The highest BCUT2D eigenvalue weighted by atomic mass is 32.2. The van der Waals surface area contributed by atoms with E-state index in [4.69, 9.17) is 0 Å². The lowest BCUT2D eigenvalue weighted by atomic mass is 10.1. The highest BCUT2D eigenvalue weighted by Gasteiger charge is 2.22. The van der Waals surface area contributed by atoms with E-state index >= 15 is 0 Å². The van der Waals surface area contributed by atoms with E-state index in [1.54, 1.807) is 63.8 Å². The molecule has 0 aliphatic heterocycles. The van der Waals surface area contributed by atoms with Gasteiger partial charge in [0.15, 0.2) is 0 Å². The quantitative estimate of drug-likeness (QED) is 0.358.